The van der Waals surface area contributed by atoms with Gasteiger partial charge in [0.25, 0.3) is 0 Å². The molecule has 3 aliphatic rings. The lowest BCUT2D eigenvalue weighted by Gasteiger charge is -2.41. The van der Waals surface area contributed by atoms with E-state index in [-0.39, 0.29) is 5.91 Å². The van der Waals surface area contributed by atoms with E-state index in [1.54, 1.807) is 18.1 Å². The Kier molecular flexibility index (Phi) is 9.68. The maximum Gasteiger partial charge on any atom is 0.318 e. The third kappa shape index (κ3) is 6.64. The van der Waals surface area contributed by atoms with Crippen molar-refractivity contribution >= 4 is 28.2 Å². The molecule has 2 atom stereocenters. The molecule has 2 aromatic carbocycles. The Morgan fingerprint density at radius 1 is 1.11 bits per heavy atom. The summed E-state index contributed by atoms with van der Waals surface area (Å²) >= 11 is 0. The number of piperazine rings is 1. The Balaban J connectivity index is 1.32. The van der Waals surface area contributed by atoms with Crippen LogP contribution in [0.2, 0.25) is 0 Å². The first kappa shape index (κ1) is 31.3. The predicted octanol–water partition coefficient (Wildman–Crippen LogP) is 3.72. The number of nitriles is 1. The first-order valence-electron chi connectivity index (χ1n) is 16.0. The van der Waals surface area contributed by atoms with Crippen molar-refractivity contribution in [3.8, 4) is 23.9 Å². The van der Waals surface area contributed by atoms with Crippen LogP contribution in [0.3, 0.4) is 0 Å². The van der Waals surface area contributed by atoms with E-state index in [4.69, 9.17) is 19.4 Å². The van der Waals surface area contributed by atoms with Crippen LogP contribution >= 0.6 is 0 Å². The minimum absolute atomic E-state index is 0.149. The molecule has 0 saturated carbocycles. The highest BCUT2D eigenvalue weighted by atomic mass is 16.5. The average Bonchev–Trinajstić information content (AvgIpc) is 3.49. The van der Waals surface area contributed by atoms with Crippen molar-refractivity contribution in [2.45, 2.75) is 44.8 Å². The van der Waals surface area contributed by atoms with Crippen molar-refractivity contribution < 1.29 is 14.3 Å². The Morgan fingerprint density at radius 2 is 1.96 bits per heavy atom. The molecule has 10 nitrogen and oxygen atoms in total. The monoisotopic (exact) mass is 619 g/mol. The summed E-state index contributed by atoms with van der Waals surface area (Å²) in [6.07, 6.45) is 6.23. The summed E-state index contributed by atoms with van der Waals surface area (Å²) in [4.78, 5) is 31.7. The quantitative estimate of drug-likeness (QED) is 0.276. The number of ether oxygens (including phenoxy) is 2. The highest BCUT2D eigenvalue weighted by molar-refractivity contribution is 5.97. The Bertz CT molecular complexity index is 1720. The number of rotatable bonds is 8. The van der Waals surface area contributed by atoms with Gasteiger partial charge in [0, 0.05) is 61.4 Å². The zero-order chi connectivity index (χ0) is 32.0. The summed E-state index contributed by atoms with van der Waals surface area (Å²) in [6, 6.07) is 15.1. The van der Waals surface area contributed by atoms with Gasteiger partial charge in [-0.05, 0) is 56.8 Å². The van der Waals surface area contributed by atoms with Gasteiger partial charge in [0.15, 0.2) is 6.07 Å². The van der Waals surface area contributed by atoms with Crippen LogP contribution in [-0.2, 0) is 22.5 Å². The summed E-state index contributed by atoms with van der Waals surface area (Å²) < 4.78 is 11.4. The molecule has 10 heteroatoms. The van der Waals surface area contributed by atoms with Gasteiger partial charge in [0.05, 0.1) is 25.4 Å². The molecule has 238 valence electrons. The van der Waals surface area contributed by atoms with E-state index in [0.717, 1.165) is 49.4 Å². The number of anilines is 2. The van der Waals surface area contributed by atoms with Gasteiger partial charge in [-0.1, -0.05) is 42.3 Å². The van der Waals surface area contributed by atoms with E-state index in [2.05, 4.69) is 76.9 Å². The second-order valence-electron chi connectivity index (χ2n) is 12.2. The first-order valence-corrected chi connectivity index (χ1v) is 16.0. The number of hydrogen-bond donors (Lipinski definition) is 0. The molecule has 0 aliphatic carbocycles. The number of likely N-dealkylation sites (tertiary alicyclic amines) is 1. The minimum atomic E-state index is -0.464. The van der Waals surface area contributed by atoms with Gasteiger partial charge in [0.2, 0.25) is 5.91 Å². The summed E-state index contributed by atoms with van der Waals surface area (Å²) in [7, 11) is 3.72. The van der Waals surface area contributed by atoms with Gasteiger partial charge in [-0.2, -0.15) is 15.2 Å². The topological polar surface area (TPSA) is 98.1 Å². The number of amides is 1. The summed E-state index contributed by atoms with van der Waals surface area (Å²) in [5, 5.41) is 11.7. The van der Waals surface area contributed by atoms with Crippen molar-refractivity contribution in [3.05, 3.63) is 65.4 Å². The van der Waals surface area contributed by atoms with E-state index < -0.39 is 6.04 Å². The van der Waals surface area contributed by atoms with Crippen molar-refractivity contribution in [2.24, 2.45) is 0 Å². The standard InChI is InChI=1S/C36H41N7O3/c1-26-9-4-10-27-11-5-14-32(34(26)27)41-19-16-30-31(24-41)38-36(46-25-29-13-7-18-40(29)2)39-35(30)42-20-21-43(28(23-42)12-6-17-37)33(44)15-8-22-45-3/h4-5,8-11,14-15,28-29H,7,13,16,18-25H2,1-3H3/b15-8+/t28?,29-/m1/s1. The molecule has 4 heterocycles. The summed E-state index contributed by atoms with van der Waals surface area (Å²) in [5.41, 5.74) is 4.51. The van der Waals surface area contributed by atoms with Crippen molar-refractivity contribution in [2.75, 3.05) is 69.9 Å². The third-order valence-electron chi connectivity index (χ3n) is 9.31. The van der Waals surface area contributed by atoms with Gasteiger partial charge >= 0.3 is 6.01 Å². The molecular formula is C36H41N7O3. The van der Waals surface area contributed by atoms with Gasteiger partial charge in [0.1, 0.15) is 18.5 Å². The van der Waals surface area contributed by atoms with E-state index >= 15 is 0 Å². The molecular weight excluding hydrogens is 578 g/mol. The molecule has 3 aromatic rings. The van der Waals surface area contributed by atoms with E-state index in [1.807, 2.05) is 6.07 Å². The maximum absolute atomic E-state index is 13.1. The third-order valence-corrected chi connectivity index (χ3v) is 9.31. The number of aryl methyl sites for hydroxylation is 1. The van der Waals surface area contributed by atoms with E-state index in [1.165, 1.54) is 28.1 Å². The molecule has 6 rings (SSSR count). The fraction of sp³-hybridized carbons (Fsp3) is 0.444. The van der Waals surface area contributed by atoms with Gasteiger partial charge in [-0.15, -0.1) is 0 Å². The van der Waals surface area contributed by atoms with Gasteiger partial charge in [-0.3, -0.25) is 4.79 Å². The molecule has 0 bridgehead atoms. The number of aromatic nitrogens is 2. The molecule has 0 spiro atoms. The van der Waals surface area contributed by atoms with Crippen LogP contribution in [0, 0.1) is 30.1 Å². The van der Waals surface area contributed by atoms with Crippen LogP contribution in [0.4, 0.5) is 11.5 Å². The number of likely N-dealkylation sites (N-methyl/N-ethyl adjacent to an activating group) is 1. The van der Waals surface area contributed by atoms with Crippen LogP contribution in [0.1, 0.15) is 29.7 Å². The fourth-order valence-corrected chi connectivity index (χ4v) is 6.87. The lowest BCUT2D eigenvalue weighted by atomic mass is 9.99. The highest BCUT2D eigenvalue weighted by Crippen LogP contribution is 2.36. The Hall–Kier alpha value is -4.64. The first-order chi connectivity index (χ1) is 22.5. The predicted molar refractivity (Wildman–Crippen MR) is 179 cm³/mol. The van der Waals surface area contributed by atoms with E-state index in [0.29, 0.717) is 51.4 Å². The van der Waals surface area contributed by atoms with Crippen LogP contribution in [0.5, 0.6) is 6.01 Å². The normalized spacial score (nSPS) is 20.0. The molecule has 3 aliphatic heterocycles. The lowest BCUT2D eigenvalue weighted by molar-refractivity contribution is -0.127. The fourth-order valence-electron chi connectivity index (χ4n) is 6.87. The van der Waals surface area contributed by atoms with E-state index in [9.17, 15) is 10.1 Å². The van der Waals surface area contributed by atoms with Crippen molar-refractivity contribution in [3.63, 3.8) is 0 Å². The molecule has 0 radical (unpaired) electrons. The number of carbonyl (C=O) groups excluding carboxylic acids is 1. The molecule has 1 aromatic heterocycles. The molecule has 46 heavy (non-hydrogen) atoms. The summed E-state index contributed by atoms with van der Waals surface area (Å²) in [6.45, 7) is 7.04. The number of hydrogen-bond acceptors (Lipinski definition) is 9. The highest BCUT2D eigenvalue weighted by Gasteiger charge is 2.33. The smallest absolute Gasteiger partial charge is 0.318 e. The maximum atomic E-state index is 13.1. The second-order valence-corrected chi connectivity index (χ2v) is 12.2. The lowest BCUT2D eigenvalue weighted by Crippen LogP contribution is -2.55. The molecule has 0 N–H and O–H groups in total. The van der Waals surface area contributed by atoms with Gasteiger partial charge in [-0.25, -0.2) is 0 Å². The SMILES string of the molecule is COC/C=C/C(=O)N1CCN(c2nc(OC[C@H]3CCCN3C)nc3c2CCN(c2cccc4cccc(C)c24)C3)CC1C#CC#N. The number of benzene rings is 2. The van der Waals surface area contributed by atoms with Gasteiger partial charge < -0.3 is 29.1 Å². The second kappa shape index (κ2) is 14.2. The number of nitrogens with zero attached hydrogens (tertiary/aromatic N) is 7. The van der Waals surface area contributed by atoms with Crippen LogP contribution < -0.4 is 14.5 Å². The van der Waals surface area contributed by atoms with Crippen LogP contribution in [-0.4, -0.2) is 97.9 Å². The zero-order valence-corrected chi connectivity index (χ0v) is 26.9. The zero-order valence-electron chi connectivity index (χ0n) is 26.9. The molecule has 2 saturated heterocycles. The average molecular weight is 620 g/mol. The molecule has 2 fully saturated rings. The largest absolute Gasteiger partial charge is 0.462 e. The Labute approximate surface area is 271 Å². The minimum Gasteiger partial charge on any atom is -0.462 e. The molecule has 1 amide bonds. The number of methoxy groups -OCH3 is 1. The van der Waals surface area contributed by atoms with Crippen molar-refractivity contribution in [1.82, 2.24) is 19.8 Å². The number of carbonyl (C=O) groups is 1. The Morgan fingerprint density at radius 3 is 2.74 bits per heavy atom. The van der Waals surface area contributed by atoms with Crippen LogP contribution in [0.15, 0.2) is 48.6 Å². The van der Waals surface area contributed by atoms with Crippen LogP contribution in [0.25, 0.3) is 10.8 Å². The summed E-state index contributed by atoms with van der Waals surface area (Å²) in [5.74, 6) is 6.22. The van der Waals surface area contributed by atoms with Crippen molar-refractivity contribution in [1.29, 1.82) is 5.26 Å². The molecule has 1 unspecified atom stereocenters. The number of fused-ring (bicyclic) bond motifs is 2.